The van der Waals surface area contributed by atoms with Gasteiger partial charge < -0.3 is 19.9 Å². The molecule has 0 bridgehead atoms. The van der Waals surface area contributed by atoms with Gasteiger partial charge in [0.15, 0.2) is 0 Å². The first-order chi connectivity index (χ1) is 10.1. The highest BCUT2D eigenvalue weighted by molar-refractivity contribution is 5.87. The molecule has 1 saturated carbocycles. The summed E-state index contributed by atoms with van der Waals surface area (Å²) < 4.78 is 5.42. The van der Waals surface area contributed by atoms with Crippen molar-refractivity contribution in [3.05, 3.63) is 0 Å². The lowest BCUT2D eigenvalue weighted by molar-refractivity contribution is -0.131. The first-order valence-corrected chi connectivity index (χ1v) is 8.09. The number of urea groups is 1. The van der Waals surface area contributed by atoms with E-state index in [-0.39, 0.29) is 11.9 Å². The van der Waals surface area contributed by atoms with E-state index in [0.29, 0.717) is 31.7 Å². The van der Waals surface area contributed by atoms with Gasteiger partial charge in [-0.1, -0.05) is 6.92 Å². The quantitative estimate of drug-likeness (QED) is 0.820. The first-order valence-electron chi connectivity index (χ1n) is 8.09. The Bertz CT molecular complexity index is 403. The van der Waals surface area contributed by atoms with E-state index in [4.69, 9.17) is 4.74 Å². The molecule has 1 N–H and O–H groups in total. The predicted octanol–water partition coefficient (Wildman–Crippen LogP) is 0.818. The largest absolute Gasteiger partial charge is 0.377 e. The fourth-order valence-corrected chi connectivity index (χ4v) is 2.96. The lowest BCUT2D eigenvalue weighted by atomic mass is 9.99. The van der Waals surface area contributed by atoms with Gasteiger partial charge in [-0.2, -0.15) is 0 Å². The molecular formula is C15H25N3O3. The maximum atomic E-state index is 12.7. The van der Waals surface area contributed by atoms with Crippen molar-refractivity contribution in [3.8, 4) is 0 Å². The standard InChI is InChI=1S/C15H25N3O3/c1-11-4-6-17(7-5-11)15(20)18-8-9-21-10-13(18)14(19)16-12-2-3-12/h11-13H,2-10H2,1H3,(H,16,19). The van der Waals surface area contributed by atoms with Gasteiger partial charge in [-0.05, 0) is 31.6 Å². The zero-order chi connectivity index (χ0) is 14.8. The average molecular weight is 295 g/mol. The summed E-state index contributed by atoms with van der Waals surface area (Å²) in [5, 5.41) is 2.99. The Morgan fingerprint density at radius 3 is 2.48 bits per heavy atom. The van der Waals surface area contributed by atoms with E-state index < -0.39 is 6.04 Å². The molecule has 2 aliphatic heterocycles. The second-order valence-corrected chi connectivity index (χ2v) is 6.52. The Balaban J connectivity index is 1.62. The molecule has 1 atom stereocenters. The molecule has 3 amide bonds. The maximum Gasteiger partial charge on any atom is 0.320 e. The van der Waals surface area contributed by atoms with Gasteiger partial charge in [0.1, 0.15) is 6.04 Å². The fraction of sp³-hybridized carbons (Fsp3) is 0.867. The van der Waals surface area contributed by atoms with Crippen molar-refractivity contribution in [2.75, 3.05) is 32.8 Å². The molecule has 118 valence electrons. The molecule has 6 nitrogen and oxygen atoms in total. The third-order valence-electron chi connectivity index (χ3n) is 4.65. The van der Waals surface area contributed by atoms with Crippen LogP contribution in [0.15, 0.2) is 0 Å². The van der Waals surface area contributed by atoms with Crippen LogP contribution >= 0.6 is 0 Å². The summed E-state index contributed by atoms with van der Waals surface area (Å²) in [6, 6.07) is -0.153. The van der Waals surface area contributed by atoms with Crippen LogP contribution in [0.2, 0.25) is 0 Å². The molecule has 2 saturated heterocycles. The van der Waals surface area contributed by atoms with E-state index in [1.54, 1.807) is 4.90 Å². The van der Waals surface area contributed by atoms with E-state index in [1.807, 2.05) is 4.90 Å². The Morgan fingerprint density at radius 2 is 1.81 bits per heavy atom. The van der Waals surface area contributed by atoms with Crippen LogP contribution in [0.4, 0.5) is 4.79 Å². The normalized spacial score (nSPS) is 27.6. The van der Waals surface area contributed by atoms with Crippen LogP contribution in [0.25, 0.3) is 0 Å². The highest BCUT2D eigenvalue weighted by Crippen LogP contribution is 2.21. The summed E-state index contributed by atoms with van der Waals surface area (Å²) in [7, 11) is 0. The Morgan fingerprint density at radius 1 is 1.10 bits per heavy atom. The molecular weight excluding hydrogens is 270 g/mol. The second kappa shape index (κ2) is 6.22. The fourth-order valence-electron chi connectivity index (χ4n) is 2.96. The number of hydrogen-bond donors (Lipinski definition) is 1. The smallest absolute Gasteiger partial charge is 0.320 e. The number of carbonyl (C=O) groups excluding carboxylic acids is 2. The molecule has 0 spiro atoms. The van der Waals surface area contributed by atoms with Crippen molar-refractivity contribution in [1.82, 2.24) is 15.1 Å². The Labute approximate surface area is 125 Å². The molecule has 3 aliphatic rings. The monoisotopic (exact) mass is 295 g/mol. The van der Waals surface area contributed by atoms with Crippen molar-refractivity contribution < 1.29 is 14.3 Å². The summed E-state index contributed by atoms with van der Waals surface area (Å²) in [6.07, 6.45) is 4.21. The number of hydrogen-bond acceptors (Lipinski definition) is 3. The lowest BCUT2D eigenvalue weighted by Crippen LogP contribution is -2.59. The third-order valence-corrected chi connectivity index (χ3v) is 4.65. The van der Waals surface area contributed by atoms with Crippen molar-refractivity contribution in [2.45, 2.75) is 44.7 Å². The summed E-state index contributed by atoms with van der Waals surface area (Å²) in [4.78, 5) is 28.6. The van der Waals surface area contributed by atoms with Gasteiger partial charge in [0, 0.05) is 25.7 Å². The van der Waals surface area contributed by atoms with Gasteiger partial charge in [-0.3, -0.25) is 4.79 Å². The van der Waals surface area contributed by atoms with E-state index in [1.165, 1.54) is 0 Å². The molecule has 0 aromatic rings. The average Bonchev–Trinajstić information content (AvgIpc) is 3.31. The number of rotatable bonds is 2. The first kappa shape index (κ1) is 14.6. The highest BCUT2D eigenvalue weighted by atomic mass is 16.5. The van der Waals surface area contributed by atoms with Crippen LogP contribution in [0.5, 0.6) is 0 Å². The van der Waals surface area contributed by atoms with Gasteiger partial charge >= 0.3 is 6.03 Å². The van der Waals surface area contributed by atoms with Crippen LogP contribution in [0.3, 0.4) is 0 Å². The molecule has 6 heteroatoms. The SMILES string of the molecule is CC1CCN(C(=O)N2CCOCC2C(=O)NC2CC2)CC1. The van der Waals surface area contributed by atoms with Crippen molar-refractivity contribution in [3.63, 3.8) is 0 Å². The Kier molecular flexibility index (Phi) is 4.33. The molecule has 0 radical (unpaired) electrons. The third kappa shape index (κ3) is 3.48. The minimum Gasteiger partial charge on any atom is -0.377 e. The van der Waals surface area contributed by atoms with Crippen molar-refractivity contribution in [1.29, 1.82) is 0 Å². The lowest BCUT2D eigenvalue weighted by Gasteiger charge is -2.40. The molecule has 2 heterocycles. The van der Waals surface area contributed by atoms with Crippen LogP contribution in [-0.4, -0.2) is 66.7 Å². The molecule has 1 unspecified atom stereocenters. The summed E-state index contributed by atoms with van der Waals surface area (Å²) in [5.74, 6) is 0.628. The number of carbonyl (C=O) groups is 2. The maximum absolute atomic E-state index is 12.7. The van der Waals surface area contributed by atoms with Gasteiger partial charge in [0.2, 0.25) is 5.91 Å². The van der Waals surface area contributed by atoms with Crippen molar-refractivity contribution >= 4 is 11.9 Å². The molecule has 3 fully saturated rings. The topological polar surface area (TPSA) is 61.9 Å². The van der Waals surface area contributed by atoms with Gasteiger partial charge in [-0.25, -0.2) is 4.79 Å². The minimum absolute atomic E-state index is 0.00106. The van der Waals surface area contributed by atoms with Gasteiger partial charge in [0.05, 0.1) is 13.2 Å². The number of likely N-dealkylation sites (tertiary alicyclic amines) is 1. The molecule has 3 rings (SSSR count). The molecule has 1 aliphatic carbocycles. The van der Waals surface area contributed by atoms with Crippen LogP contribution in [0.1, 0.15) is 32.6 Å². The van der Waals surface area contributed by atoms with Crippen LogP contribution in [-0.2, 0) is 9.53 Å². The molecule has 0 aromatic carbocycles. The summed E-state index contributed by atoms with van der Waals surface area (Å²) in [6.45, 7) is 5.16. The Hall–Kier alpha value is -1.30. The zero-order valence-electron chi connectivity index (χ0n) is 12.7. The number of nitrogens with zero attached hydrogens (tertiary/aromatic N) is 2. The highest BCUT2D eigenvalue weighted by Gasteiger charge is 2.37. The van der Waals surface area contributed by atoms with E-state index in [2.05, 4.69) is 12.2 Å². The number of ether oxygens (including phenoxy) is 1. The minimum atomic E-state index is -0.466. The summed E-state index contributed by atoms with van der Waals surface area (Å²) in [5.41, 5.74) is 0. The van der Waals surface area contributed by atoms with Crippen molar-refractivity contribution in [2.24, 2.45) is 5.92 Å². The molecule has 0 aromatic heterocycles. The summed E-state index contributed by atoms with van der Waals surface area (Å²) >= 11 is 0. The van der Waals surface area contributed by atoms with Gasteiger partial charge in [0.25, 0.3) is 0 Å². The van der Waals surface area contributed by atoms with Gasteiger partial charge in [-0.15, -0.1) is 0 Å². The second-order valence-electron chi connectivity index (χ2n) is 6.52. The van der Waals surface area contributed by atoms with E-state index in [0.717, 1.165) is 38.8 Å². The molecule has 21 heavy (non-hydrogen) atoms. The van der Waals surface area contributed by atoms with E-state index in [9.17, 15) is 9.59 Å². The number of nitrogens with one attached hydrogen (secondary N) is 1. The van der Waals surface area contributed by atoms with E-state index >= 15 is 0 Å². The van der Waals surface area contributed by atoms with Crippen LogP contribution in [0, 0.1) is 5.92 Å². The number of morpholine rings is 1. The number of amides is 3. The number of piperidine rings is 1. The van der Waals surface area contributed by atoms with Crippen LogP contribution < -0.4 is 5.32 Å². The predicted molar refractivity (Wildman–Crippen MR) is 77.8 cm³/mol. The zero-order valence-corrected chi connectivity index (χ0v) is 12.7.